The zero-order valence-electron chi connectivity index (χ0n) is 14.0. The summed E-state index contributed by atoms with van der Waals surface area (Å²) in [6.45, 7) is 4.33. The van der Waals surface area contributed by atoms with Crippen molar-refractivity contribution < 1.29 is 17.9 Å². The molecule has 25 heavy (non-hydrogen) atoms. The summed E-state index contributed by atoms with van der Waals surface area (Å²) in [5, 5.41) is 0. The van der Waals surface area contributed by atoms with Gasteiger partial charge in [0.2, 0.25) is 5.91 Å². The number of carbonyl (C=O) groups excluding carboxylic acids is 1. The second-order valence-electron chi connectivity index (χ2n) is 5.16. The topological polar surface area (TPSA) is 84.5 Å². The number of carbonyl (C=O) groups is 1. The lowest BCUT2D eigenvalue weighted by Crippen LogP contribution is -2.42. The van der Waals surface area contributed by atoms with Crippen LogP contribution in [0.2, 0.25) is 0 Å². The van der Waals surface area contributed by atoms with E-state index in [0.29, 0.717) is 12.4 Å². The van der Waals surface area contributed by atoms with Crippen LogP contribution in [0.15, 0.2) is 58.3 Å². The molecule has 0 saturated heterocycles. The first-order valence-corrected chi connectivity index (χ1v) is 10.1. The van der Waals surface area contributed by atoms with Crippen molar-refractivity contribution >= 4 is 27.7 Å². The summed E-state index contributed by atoms with van der Waals surface area (Å²) in [4.78, 5) is 14.9. The van der Waals surface area contributed by atoms with Gasteiger partial charge in [-0.05, 0) is 50.2 Å². The van der Waals surface area contributed by atoms with Crippen LogP contribution in [0.5, 0.6) is 5.75 Å². The molecule has 0 radical (unpaired) electrons. The Kier molecular flexibility index (Phi) is 6.86. The molecule has 0 aliphatic carbocycles. The van der Waals surface area contributed by atoms with Gasteiger partial charge < -0.3 is 4.74 Å². The molecule has 2 aromatic rings. The van der Waals surface area contributed by atoms with E-state index in [2.05, 4.69) is 10.3 Å². The molecule has 0 aliphatic heterocycles. The van der Waals surface area contributed by atoms with E-state index in [1.807, 2.05) is 38.1 Å². The minimum Gasteiger partial charge on any atom is -0.494 e. The molecule has 0 saturated carbocycles. The number of nitrogens with one attached hydrogen (secondary N) is 2. The molecular formula is C17H20N2O4S2. The first kappa shape index (κ1) is 19.3. The van der Waals surface area contributed by atoms with Gasteiger partial charge in [-0.2, -0.15) is 0 Å². The summed E-state index contributed by atoms with van der Waals surface area (Å²) >= 11 is 1.33. The molecule has 8 heteroatoms. The quantitative estimate of drug-likeness (QED) is 0.543. The number of hydrazine groups is 1. The lowest BCUT2D eigenvalue weighted by molar-refractivity contribution is -0.119. The zero-order chi connectivity index (χ0) is 18.3. The van der Waals surface area contributed by atoms with E-state index < -0.39 is 15.9 Å². The van der Waals surface area contributed by atoms with Crippen molar-refractivity contribution in [2.45, 2.75) is 23.6 Å². The van der Waals surface area contributed by atoms with Crippen molar-refractivity contribution in [3.05, 3.63) is 54.1 Å². The van der Waals surface area contributed by atoms with Gasteiger partial charge in [-0.25, -0.2) is 8.42 Å². The van der Waals surface area contributed by atoms with Gasteiger partial charge in [0, 0.05) is 4.90 Å². The third-order valence-corrected chi connectivity index (χ3v) is 5.44. The van der Waals surface area contributed by atoms with Crippen LogP contribution in [0.25, 0.3) is 0 Å². The lowest BCUT2D eigenvalue weighted by Gasteiger charge is -2.09. The molecule has 2 N–H and O–H groups in total. The van der Waals surface area contributed by atoms with E-state index in [4.69, 9.17) is 4.74 Å². The first-order chi connectivity index (χ1) is 11.9. The number of amides is 1. The summed E-state index contributed by atoms with van der Waals surface area (Å²) in [7, 11) is -3.82. The largest absolute Gasteiger partial charge is 0.494 e. The van der Waals surface area contributed by atoms with Gasteiger partial charge in [0.05, 0.1) is 17.3 Å². The maximum absolute atomic E-state index is 12.1. The molecule has 0 aliphatic rings. The predicted molar refractivity (Wildman–Crippen MR) is 98.0 cm³/mol. The van der Waals surface area contributed by atoms with Crippen molar-refractivity contribution in [1.29, 1.82) is 0 Å². The van der Waals surface area contributed by atoms with Crippen molar-refractivity contribution in [1.82, 2.24) is 10.3 Å². The number of sulfonamides is 1. The van der Waals surface area contributed by atoms with Gasteiger partial charge in [0.25, 0.3) is 10.0 Å². The molecule has 0 heterocycles. The highest BCUT2D eigenvalue weighted by Gasteiger charge is 2.15. The van der Waals surface area contributed by atoms with E-state index in [0.717, 1.165) is 10.5 Å². The van der Waals surface area contributed by atoms with Crippen LogP contribution >= 0.6 is 11.8 Å². The van der Waals surface area contributed by atoms with Gasteiger partial charge in [-0.3, -0.25) is 10.2 Å². The minimum absolute atomic E-state index is 0.0439. The molecule has 6 nitrogen and oxygen atoms in total. The second kappa shape index (κ2) is 8.89. The van der Waals surface area contributed by atoms with Gasteiger partial charge >= 0.3 is 0 Å². The van der Waals surface area contributed by atoms with E-state index in [-0.39, 0.29) is 10.6 Å². The Morgan fingerprint density at radius 3 is 2.32 bits per heavy atom. The van der Waals surface area contributed by atoms with E-state index >= 15 is 0 Å². The van der Waals surface area contributed by atoms with Gasteiger partial charge in [-0.1, -0.05) is 17.7 Å². The van der Waals surface area contributed by atoms with Gasteiger partial charge in [0.15, 0.2) is 0 Å². The SMILES string of the molecule is CCOc1ccc(S(=O)(=O)NNC(=O)CSc2ccc(C)cc2)cc1. The number of hydrogen-bond acceptors (Lipinski definition) is 5. The van der Waals surface area contributed by atoms with Crippen molar-refractivity contribution in [3.63, 3.8) is 0 Å². The van der Waals surface area contributed by atoms with E-state index in [1.165, 1.54) is 23.9 Å². The first-order valence-electron chi connectivity index (χ1n) is 7.63. The fourth-order valence-electron chi connectivity index (χ4n) is 1.88. The highest BCUT2D eigenvalue weighted by molar-refractivity contribution is 8.00. The van der Waals surface area contributed by atoms with E-state index in [1.54, 1.807) is 12.1 Å². The third-order valence-electron chi connectivity index (χ3n) is 3.16. The molecule has 0 aromatic heterocycles. The number of ether oxygens (including phenoxy) is 1. The number of rotatable bonds is 8. The van der Waals surface area contributed by atoms with E-state index in [9.17, 15) is 13.2 Å². The molecule has 1 amide bonds. The average molecular weight is 380 g/mol. The summed E-state index contributed by atoms with van der Waals surface area (Å²) in [5.74, 6) is 0.259. The van der Waals surface area contributed by atoms with Crippen LogP contribution < -0.4 is 15.0 Å². The molecule has 2 aromatic carbocycles. The summed E-state index contributed by atoms with van der Waals surface area (Å²) < 4.78 is 29.6. The molecule has 0 unspecified atom stereocenters. The Morgan fingerprint density at radius 1 is 1.08 bits per heavy atom. The van der Waals surface area contributed by atoms with Crippen molar-refractivity contribution in [3.8, 4) is 5.75 Å². The van der Waals surface area contributed by atoms with Crippen molar-refractivity contribution in [2.75, 3.05) is 12.4 Å². The van der Waals surface area contributed by atoms with Crippen LogP contribution in [-0.2, 0) is 14.8 Å². The molecule has 0 bridgehead atoms. The summed E-state index contributed by atoms with van der Waals surface area (Å²) in [6, 6.07) is 13.7. The van der Waals surface area contributed by atoms with Crippen LogP contribution in [-0.4, -0.2) is 26.7 Å². The van der Waals surface area contributed by atoms with Gasteiger partial charge in [0.1, 0.15) is 5.75 Å². The number of aryl methyl sites for hydroxylation is 1. The fourth-order valence-corrected chi connectivity index (χ4v) is 3.44. The maximum Gasteiger partial charge on any atom is 0.257 e. The maximum atomic E-state index is 12.1. The number of hydrogen-bond donors (Lipinski definition) is 2. The minimum atomic E-state index is -3.82. The fraction of sp³-hybridized carbons (Fsp3) is 0.235. The molecule has 134 valence electrons. The van der Waals surface area contributed by atoms with Gasteiger partial charge in [-0.15, -0.1) is 16.6 Å². The normalized spacial score (nSPS) is 11.1. The Balaban J connectivity index is 1.85. The number of thioether (sulfide) groups is 1. The Bertz CT molecular complexity index is 804. The molecule has 0 fully saturated rings. The second-order valence-corrected chi connectivity index (χ2v) is 7.89. The van der Waals surface area contributed by atoms with Crippen LogP contribution in [0, 0.1) is 6.92 Å². The molecular weight excluding hydrogens is 360 g/mol. The highest BCUT2D eigenvalue weighted by atomic mass is 32.2. The lowest BCUT2D eigenvalue weighted by atomic mass is 10.2. The summed E-state index contributed by atoms with van der Waals surface area (Å²) in [6.07, 6.45) is 0. The Morgan fingerprint density at radius 2 is 1.72 bits per heavy atom. The molecule has 0 atom stereocenters. The monoisotopic (exact) mass is 380 g/mol. The van der Waals surface area contributed by atoms with Crippen LogP contribution in [0.1, 0.15) is 12.5 Å². The van der Waals surface area contributed by atoms with Crippen molar-refractivity contribution in [2.24, 2.45) is 0 Å². The third kappa shape index (κ3) is 6.08. The standard InChI is InChI=1S/C17H20N2O4S2/c1-3-23-14-6-10-16(11-7-14)25(21,22)19-18-17(20)12-24-15-8-4-13(2)5-9-15/h4-11,19H,3,12H2,1-2H3,(H,18,20). The zero-order valence-corrected chi connectivity index (χ0v) is 15.6. The number of benzene rings is 2. The van der Waals surface area contributed by atoms with Crippen LogP contribution in [0.3, 0.4) is 0 Å². The molecule has 0 spiro atoms. The molecule has 2 rings (SSSR count). The summed E-state index contributed by atoms with van der Waals surface area (Å²) in [5.41, 5.74) is 3.35. The Hall–Kier alpha value is -2.03. The van der Waals surface area contributed by atoms with Crippen LogP contribution in [0.4, 0.5) is 0 Å². The Labute approximate surface area is 152 Å². The highest BCUT2D eigenvalue weighted by Crippen LogP contribution is 2.18. The predicted octanol–water partition coefficient (Wildman–Crippen LogP) is 2.50. The average Bonchev–Trinajstić information content (AvgIpc) is 2.60. The smallest absolute Gasteiger partial charge is 0.257 e.